The number of hydrogen-bond donors (Lipinski definition) is 1. The Kier molecular flexibility index (Phi) is 5.33. The normalized spacial score (nSPS) is 10.6. The number of carbonyl (C=O) groups excluding carboxylic acids is 2. The molecular weight excluding hydrogens is 336 g/mol. The average Bonchev–Trinajstić information content (AvgIpc) is 3.19. The maximum absolute atomic E-state index is 11.9. The van der Waals surface area contributed by atoms with Gasteiger partial charge in [-0.2, -0.15) is 5.10 Å². The van der Waals surface area contributed by atoms with Crippen LogP contribution in [0.5, 0.6) is 5.75 Å². The molecule has 6 heteroatoms. The number of carbonyl (C=O) groups is 2. The van der Waals surface area contributed by atoms with Crippen LogP contribution >= 0.6 is 11.3 Å². The molecule has 0 radical (unpaired) electrons. The summed E-state index contributed by atoms with van der Waals surface area (Å²) in [6.07, 6.45) is 1.52. The zero-order valence-electron chi connectivity index (χ0n) is 13.1. The van der Waals surface area contributed by atoms with Gasteiger partial charge >= 0.3 is 5.97 Å². The average molecular weight is 350 g/mol. The Morgan fingerprint density at radius 1 is 0.960 bits per heavy atom. The quantitative estimate of drug-likeness (QED) is 0.330. The van der Waals surface area contributed by atoms with Crippen LogP contribution in [-0.4, -0.2) is 18.1 Å². The molecule has 0 saturated carbocycles. The molecule has 0 unspecified atom stereocenters. The van der Waals surface area contributed by atoms with E-state index in [0.29, 0.717) is 16.2 Å². The molecule has 0 bridgehead atoms. The number of benzene rings is 2. The Balaban J connectivity index is 1.55. The highest BCUT2D eigenvalue weighted by Gasteiger charge is 2.09. The van der Waals surface area contributed by atoms with Crippen molar-refractivity contribution in [3.63, 3.8) is 0 Å². The van der Waals surface area contributed by atoms with Crippen LogP contribution in [0.4, 0.5) is 0 Å². The van der Waals surface area contributed by atoms with Crippen molar-refractivity contribution < 1.29 is 14.3 Å². The number of nitrogens with zero attached hydrogens (tertiary/aromatic N) is 1. The van der Waals surface area contributed by atoms with Gasteiger partial charge in [0.05, 0.1) is 6.21 Å². The van der Waals surface area contributed by atoms with Gasteiger partial charge in [0.25, 0.3) is 5.91 Å². The van der Waals surface area contributed by atoms with Crippen molar-refractivity contribution in [2.24, 2.45) is 5.10 Å². The maximum atomic E-state index is 11.9. The molecule has 2 aromatic carbocycles. The number of hydrazone groups is 1. The van der Waals surface area contributed by atoms with E-state index in [2.05, 4.69) is 10.5 Å². The van der Waals surface area contributed by atoms with Gasteiger partial charge in [-0.3, -0.25) is 4.79 Å². The first kappa shape index (κ1) is 16.6. The lowest BCUT2D eigenvalue weighted by molar-refractivity contribution is 0.0739. The van der Waals surface area contributed by atoms with Crippen LogP contribution < -0.4 is 10.2 Å². The summed E-state index contributed by atoms with van der Waals surface area (Å²) in [6, 6.07) is 19.2. The summed E-state index contributed by atoms with van der Waals surface area (Å²) < 4.78 is 5.27. The third-order valence-corrected chi connectivity index (χ3v) is 4.08. The number of rotatable bonds is 5. The number of hydrogen-bond acceptors (Lipinski definition) is 5. The summed E-state index contributed by atoms with van der Waals surface area (Å²) >= 11 is 1.33. The Morgan fingerprint density at radius 3 is 2.40 bits per heavy atom. The van der Waals surface area contributed by atoms with Crippen molar-refractivity contribution in [3.05, 3.63) is 88.1 Å². The highest BCUT2D eigenvalue weighted by Crippen LogP contribution is 2.16. The molecule has 0 spiro atoms. The topological polar surface area (TPSA) is 67.8 Å². The summed E-state index contributed by atoms with van der Waals surface area (Å²) in [7, 11) is 0. The van der Waals surface area contributed by atoms with Gasteiger partial charge < -0.3 is 4.74 Å². The van der Waals surface area contributed by atoms with E-state index in [1.54, 1.807) is 60.7 Å². The Morgan fingerprint density at radius 2 is 1.72 bits per heavy atom. The van der Waals surface area contributed by atoms with Crippen molar-refractivity contribution in [3.8, 4) is 5.75 Å². The standard InChI is InChI=1S/C19H14N2O3S/c22-18(15-5-2-1-3-6-15)21-20-13-14-8-10-16(11-9-14)24-19(23)17-7-4-12-25-17/h1-13H,(H,21,22)/b20-13+. The Labute approximate surface area is 148 Å². The van der Waals surface area contributed by atoms with E-state index in [1.807, 2.05) is 11.4 Å². The number of thiophene rings is 1. The molecule has 3 rings (SSSR count). The summed E-state index contributed by atoms with van der Waals surface area (Å²) in [6.45, 7) is 0. The molecule has 3 aromatic rings. The minimum Gasteiger partial charge on any atom is -0.422 e. The lowest BCUT2D eigenvalue weighted by atomic mass is 10.2. The van der Waals surface area contributed by atoms with Crippen molar-refractivity contribution in [1.29, 1.82) is 0 Å². The minimum absolute atomic E-state index is 0.279. The monoisotopic (exact) mass is 350 g/mol. The third kappa shape index (κ3) is 4.62. The van der Waals surface area contributed by atoms with Crippen molar-refractivity contribution in [2.75, 3.05) is 0 Å². The molecule has 124 valence electrons. The lowest BCUT2D eigenvalue weighted by Gasteiger charge is -2.03. The van der Waals surface area contributed by atoms with Gasteiger partial charge in [-0.25, -0.2) is 10.2 Å². The second-order valence-electron chi connectivity index (χ2n) is 5.00. The fourth-order valence-corrected chi connectivity index (χ4v) is 2.59. The van der Waals surface area contributed by atoms with Gasteiger partial charge in [-0.15, -0.1) is 11.3 Å². The molecule has 0 saturated heterocycles. The molecule has 0 aliphatic heterocycles. The van der Waals surface area contributed by atoms with Crippen LogP contribution in [0.2, 0.25) is 0 Å². The molecule has 25 heavy (non-hydrogen) atoms. The molecule has 1 amide bonds. The van der Waals surface area contributed by atoms with E-state index in [4.69, 9.17) is 4.74 Å². The van der Waals surface area contributed by atoms with E-state index in [9.17, 15) is 9.59 Å². The van der Waals surface area contributed by atoms with Gasteiger partial charge in [0, 0.05) is 5.56 Å². The van der Waals surface area contributed by atoms with Gasteiger partial charge in [-0.1, -0.05) is 24.3 Å². The van der Waals surface area contributed by atoms with E-state index in [1.165, 1.54) is 17.6 Å². The van der Waals surface area contributed by atoms with Crippen molar-refractivity contribution >= 4 is 29.4 Å². The summed E-state index contributed by atoms with van der Waals surface area (Å²) in [5.74, 6) is -0.214. The predicted molar refractivity (Wildman–Crippen MR) is 97.2 cm³/mol. The first-order chi connectivity index (χ1) is 12.2. The number of nitrogens with one attached hydrogen (secondary N) is 1. The molecular formula is C19H14N2O3S. The van der Waals surface area contributed by atoms with Gasteiger partial charge in [-0.05, 0) is 53.4 Å². The molecule has 0 fully saturated rings. The van der Waals surface area contributed by atoms with Crippen molar-refractivity contribution in [2.45, 2.75) is 0 Å². The predicted octanol–water partition coefficient (Wildman–Crippen LogP) is 3.73. The second-order valence-corrected chi connectivity index (χ2v) is 5.95. The highest BCUT2D eigenvalue weighted by atomic mass is 32.1. The maximum Gasteiger partial charge on any atom is 0.353 e. The summed E-state index contributed by atoms with van der Waals surface area (Å²) in [5.41, 5.74) is 3.76. The zero-order chi connectivity index (χ0) is 17.5. The van der Waals surface area contributed by atoms with E-state index < -0.39 is 0 Å². The smallest absolute Gasteiger partial charge is 0.353 e. The Bertz CT molecular complexity index is 873. The largest absolute Gasteiger partial charge is 0.422 e. The first-order valence-corrected chi connectivity index (χ1v) is 8.34. The molecule has 1 heterocycles. The van der Waals surface area contributed by atoms with Crippen LogP contribution in [0.25, 0.3) is 0 Å². The van der Waals surface area contributed by atoms with E-state index in [0.717, 1.165) is 5.56 Å². The third-order valence-electron chi connectivity index (χ3n) is 3.23. The minimum atomic E-state index is -0.383. The van der Waals surface area contributed by atoms with Crippen LogP contribution in [0.3, 0.4) is 0 Å². The van der Waals surface area contributed by atoms with E-state index >= 15 is 0 Å². The second kappa shape index (κ2) is 8.03. The summed E-state index contributed by atoms with van der Waals surface area (Å²) in [5, 5.41) is 5.74. The lowest BCUT2D eigenvalue weighted by Crippen LogP contribution is -2.17. The van der Waals surface area contributed by atoms with Gasteiger partial charge in [0.1, 0.15) is 10.6 Å². The summed E-state index contributed by atoms with van der Waals surface area (Å²) in [4.78, 5) is 24.2. The van der Waals surface area contributed by atoms with Gasteiger partial charge in [0.2, 0.25) is 0 Å². The Hall–Kier alpha value is -3.25. The fraction of sp³-hybridized carbons (Fsp3) is 0. The molecule has 0 atom stereocenters. The number of esters is 1. The van der Waals surface area contributed by atoms with E-state index in [-0.39, 0.29) is 11.9 Å². The van der Waals surface area contributed by atoms with Crippen LogP contribution in [0.15, 0.2) is 77.2 Å². The van der Waals surface area contributed by atoms with Crippen LogP contribution in [-0.2, 0) is 0 Å². The molecule has 0 aliphatic carbocycles. The molecule has 0 aliphatic rings. The number of amides is 1. The van der Waals surface area contributed by atoms with Crippen LogP contribution in [0, 0.1) is 0 Å². The first-order valence-electron chi connectivity index (χ1n) is 7.46. The number of ether oxygens (including phenoxy) is 1. The molecule has 5 nitrogen and oxygen atoms in total. The van der Waals surface area contributed by atoms with Crippen molar-refractivity contribution in [1.82, 2.24) is 5.43 Å². The molecule has 1 N–H and O–H groups in total. The highest BCUT2D eigenvalue weighted by molar-refractivity contribution is 7.12. The fourth-order valence-electron chi connectivity index (χ4n) is 1.99. The van der Waals surface area contributed by atoms with Crippen LogP contribution in [0.1, 0.15) is 25.6 Å². The zero-order valence-corrected chi connectivity index (χ0v) is 13.9. The molecule has 1 aromatic heterocycles. The SMILES string of the molecule is O=C(N/N=C/c1ccc(OC(=O)c2cccs2)cc1)c1ccccc1. The van der Waals surface area contributed by atoms with Gasteiger partial charge in [0.15, 0.2) is 0 Å².